The molecule has 0 aromatic heterocycles. The minimum Gasteiger partial charge on any atom is -0.378 e. The maximum atomic E-state index is 5.71. The largest absolute Gasteiger partial charge is 0.378 e. The molecular formula is C13H26N2O. The van der Waals surface area contributed by atoms with Gasteiger partial charge in [0.15, 0.2) is 0 Å². The molecule has 0 saturated carbocycles. The van der Waals surface area contributed by atoms with Crippen LogP contribution in [0.5, 0.6) is 0 Å². The van der Waals surface area contributed by atoms with Gasteiger partial charge in [-0.05, 0) is 50.2 Å². The predicted octanol–water partition coefficient (Wildman–Crippen LogP) is 1.25. The fourth-order valence-electron chi connectivity index (χ4n) is 2.97. The maximum absolute atomic E-state index is 5.71. The van der Waals surface area contributed by atoms with Gasteiger partial charge in [-0.15, -0.1) is 0 Å². The molecule has 2 rings (SSSR count). The van der Waals surface area contributed by atoms with Crippen LogP contribution < -0.4 is 10.6 Å². The summed E-state index contributed by atoms with van der Waals surface area (Å²) in [6.07, 6.45) is 2.91. The van der Waals surface area contributed by atoms with Crippen molar-refractivity contribution >= 4 is 0 Å². The first-order valence-corrected chi connectivity index (χ1v) is 6.84. The van der Waals surface area contributed by atoms with Crippen molar-refractivity contribution in [3.8, 4) is 0 Å². The van der Waals surface area contributed by atoms with E-state index in [1.54, 1.807) is 0 Å². The highest BCUT2D eigenvalue weighted by Gasteiger charge is 2.27. The average molecular weight is 226 g/mol. The van der Waals surface area contributed by atoms with Gasteiger partial charge in [-0.2, -0.15) is 0 Å². The Labute approximate surface area is 99.3 Å². The van der Waals surface area contributed by atoms with Crippen molar-refractivity contribution in [2.24, 2.45) is 17.8 Å². The summed E-state index contributed by atoms with van der Waals surface area (Å²) >= 11 is 0. The molecule has 4 atom stereocenters. The van der Waals surface area contributed by atoms with Gasteiger partial charge in [-0.3, -0.25) is 0 Å². The zero-order chi connectivity index (χ0) is 11.4. The molecule has 0 aromatic carbocycles. The minimum absolute atomic E-state index is 0.506. The Morgan fingerprint density at radius 3 is 2.75 bits per heavy atom. The molecule has 2 fully saturated rings. The van der Waals surface area contributed by atoms with Crippen molar-refractivity contribution < 1.29 is 4.74 Å². The van der Waals surface area contributed by atoms with Crippen molar-refractivity contribution in [2.75, 3.05) is 32.8 Å². The van der Waals surface area contributed by atoms with Crippen LogP contribution in [0.15, 0.2) is 0 Å². The summed E-state index contributed by atoms with van der Waals surface area (Å²) in [5.41, 5.74) is 0. The zero-order valence-corrected chi connectivity index (χ0v) is 10.7. The number of hydrogen-bond donors (Lipinski definition) is 2. The van der Waals surface area contributed by atoms with E-state index in [1.807, 2.05) is 0 Å². The van der Waals surface area contributed by atoms with Gasteiger partial charge in [0.05, 0.1) is 6.10 Å². The van der Waals surface area contributed by atoms with E-state index in [2.05, 4.69) is 24.5 Å². The Hall–Kier alpha value is -0.120. The van der Waals surface area contributed by atoms with Gasteiger partial charge in [0, 0.05) is 13.2 Å². The average Bonchev–Trinajstić information content (AvgIpc) is 2.88. The van der Waals surface area contributed by atoms with Crippen LogP contribution in [0.4, 0.5) is 0 Å². The maximum Gasteiger partial charge on any atom is 0.0613 e. The highest BCUT2D eigenvalue weighted by Crippen LogP contribution is 2.22. The van der Waals surface area contributed by atoms with Gasteiger partial charge >= 0.3 is 0 Å². The number of nitrogens with one attached hydrogen (secondary N) is 2. The van der Waals surface area contributed by atoms with E-state index in [0.717, 1.165) is 37.3 Å². The van der Waals surface area contributed by atoms with E-state index in [9.17, 15) is 0 Å². The second-order valence-electron chi connectivity index (χ2n) is 5.42. The highest BCUT2D eigenvalue weighted by atomic mass is 16.5. The van der Waals surface area contributed by atoms with Gasteiger partial charge in [-0.25, -0.2) is 0 Å². The van der Waals surface area contributed by atoms with Crippen LogP contribution in [0.1, 0.15) is 26.7 Å². The van der Waals surface area contributed by atoms with Crippen molar-refractivity contribution in [3.05, 3.63) is 0 Å². The molecule has 0 radical (unpaired) electrons. The van der Waals surface area contributed by atoms with E-state index >= 15 is 0 Å². The normalized spacial score (nSPS) is 39.4. The summed E-state index contributed by atoms with van der Waals surface area (Å²) in [6.45, 7) is 10.2. The van der Waals surface area contributed by atoms with Gasteiger partial charge in [0.25, 0.3) is 0 Å². The summed E-state index contributed by atoms with van der Waals surface area (Å²) in [7, 11) is 0. The van der Waals surface area contributed by atoms with Crippen molar-refractivity contribution in [3.63, 3.8) is 0 Å². The SMILES string of the molecule is CCC1OCCC1CNC[C@@H]1CNC[C@H]1C. The molecule has 0 bridgehead atoms. The second kappa shape index (κ2) is 5.99. The monoisotopic (exact) mass is 226 g/mol. The van der Waals surface area contributed by atoms with Crippen LogP contribution in [0.25, 0.3) is 0 Å². The Bertz CT molecular complexity index is 210. The van der Waals surface area contributed by atoms with Crippen LogP contribution >= 0.6 is 0 Å². The highest BCUT2D eigenvalue weighted by molar-refractivity contribution is 4.81. The minimum atomic E-state index is 0.506. The summed E-state index contributed by atoms with van der Waals surface area (Å²) in [6, 6.07) is 0. The Morgan fingerprint density at radius 1 is 1.25 bits per heavy atom. The molecule has 2 unspecified atom stereocenters. The van der Waals surface area contributed by atoms with Crippen LogP contribution in [0.3, 0.4) is 0 Å². The molecule has 0 aromatic rings. The van der Waals surface area contributed by atoms with E-state index in [1.165, 1.54) is 26.1 Å². The third kappa shape index (κ3) is 2.96. The van der Waals surface area contributed by atoms with Crippen molar-refractivity contribution in [2.45, 2.75) is 32.8 Å². The first-order chi connectivity index (χ1) is 7.81. The van der Waals surface area contributed by atoms with Gasteiger partial charge in [0.1, 0.15) is 0 Å². The summed E-state index contributed by atoms with van der Waals surface area (Å²) in [4.78, 5) is 0. The van der Waals surface area contributed by atoms with Gasteiger partial charge in [0.2, 0.25) is 0 Å². The first kappa shape index (κ1) is 12.3. The molecule has 2 N–H and O–H groups in total. The lowest BCUT2D eigenvalue weighted by Crippen LogP contribution is -2.33. The molecule has 3 nitrogen and oxygen atoms in total. The third-order valence-corrected chi connectivity index (χ3v) is 4.24. The van der Waals surface area contributed by atoms with E-state index in [0.29, 0.717) is 6.10 Å². The molecule has 94 valence electrons. The third-order valence-electron chi connectivity index (χ3n) is 4.24. The topological polar surface area (TPSA) is 33.3 Å². The molecule has 16 heavy (non-hydrogen) atoms. The van der Waals surface area contributed by atoms with E-state index in [4.69, 9.17) is 4.74 Å². The van der Waals surface area contributed by atoms with Gasteiger partial charge in [-0.1, -0.05) is 13.8 Å². The quantitative estimate of drug-likeness (QED) is 0.740. The lowest BCUT2D eigenvalue weighted by atomic mass is 9.96. The molecule has 2 saturated heterocycles. The standard InChI is InChI=1S/C13H26N2O/c1-3-13-11(4-5-16-13)7-15-9-12-8-14-6-10(12)2/h10-15H,3-9H2,1-2H3/t10-,11?,12+,13?/m1/s1. The summed E-state index contributed by atoms with van der Waals surface area (Å²) < 4.78 is 5.71. The van der Waals surface area contributed by atoms with Crippen LogP contribution in [-0.4, -0.2) is 38.9 Å². The van der Waals surface area contributed by atoms with Gasteiger partial charge < -0.3 is 15.4 Å². The predicted molar refractivity (Wildman–Crippen MR) is 66.5 cm³/mol. The lowest BCUT2D eigenvalue weighted by molar-refractivity contribution is 0.0870. The molecule has 0 spiro atoms. The Balaban J connectivity index is 1.63. The smallest absolute Gasteiger partial charge is 0.0613 e. The van der Waals surface area contributed by atoms with E-state index < -0.39 is 0 Å². The summed E-state index contributed by atoms with van der Waals surface area (Å²) in [5.74, 6) is 2.39. The van der Waals surface area contributed by atoms with Crippen molar-refractivity contribution in [1.29, 1.82) is 0 Å². The second-order valence-corrected chi connectivity index (χ2v) is 5.42. The van der Waals surface area contributed by atoms with Crippen LogP contribution in [0.2, 0.25) is 0 Å². The van der Waals surface area contributed by atoms with E-state index in [-0.39, 0.29) is 0 Å². The molecule has 3 heteroatoms. The molecule has 2 aliphatic rings. The Kier molecular flexibility index (Phi) is 4.62. The van der Waals surface area contributed by atoms with Crippen LogP contribution in [0, 0.1) is 17.8 Å². The number of hydrogen-bond acceptors (Lipinski definition) is 3. The number of ether oxygens (including phenoxy) is 1. The molecular weight excluding hydrogens is 200 g/mol. The lowest BCUT2D eigenvalue weighted by Gasteiger charge is -2.20. The van der Waals surface area contributed by atoms with Crippen molar-refractivity contribution in [1.82, 2.24) is 10.6 Å². The Morgan fingerprint density at radius 2 is 2.06 bits per heavy atom. The fourth-order valence-corrected chi connectivity index (χ4v) is 2.97. The fraction of sp³-hybridized carbons (Fsp3) is 1.00. The molecule has 2 aliphatic heterocycles. The molecule has 2 heterocycles. The van der Waals surface area contributed by atoms with Crippen LogP contribution in [-0.2, 0) is 4.74 Å². The number of rotatable bonds is 5. The first-order valence-electron chi connectivity index (χ1n) is 6.84. The summed E-state index contributed by atoms with van der Waals surface area (Å²) in [5, 5.41) is 7.10. The zero-order valence-electron chi connectivity index (χ0n) is 10.7. The molecule has 0 amide bonds. The molecule has 0 aliphatic carbocycles.